The molecule has 1 N–H and O–H groups in total. The average Bonchev–Trinajstić information content (AvgIpc) is 3.05. The zero-order valence-corrected chi connectivity index (χ0v) is 16.4. The molecule has 1 saturated heterocycles. The van der Waals surface area contributed by atoms with Crippen LogP contribution in [0.4, 0.5) is 0 Å². The number of ether oxygens (including phenoxy) is 1. The molecule has 0 aliphatic carbocycles. The lowest BCUT2D eigenvalue weighted by atomic mass is 9.96. The van der Waals surface area contributed by atoms with Crippen LogP contribution < -0.4 is 4.74 Å². The number of hydrogen-bond acceptors (Lipinski definition) is 5. The molecule has 1 fully saturated rings. The monoisotopic (exact) mass is 400 g/mol. The van der Waals surface area contributed by atoms with Crippen molar-refractivity contribution in [2.75, 3.05) is 7.11 Å². The fraction of sp³-hybridized carbons (Fsp3) is 0.125. The molecule has 1 aromatic heterocycles. The van der Waals surface area contributed by atoms with Crippen LogP contribution in [0, 0.1) is 0 Å². The molecule has 4 rings (SSSR count). The summed E-state index contributed by atoms with van der Waals surface area (Å²) in [6.07, 6.45) is 3.21. The zero-order chi connectivity index (χ0) is 21.1. The van der Waals surface area contributed by atoms with Crippen molar-refractivity contribution < 1.29 is 19.4 Å². The summed E-state index contributed by atoms with van der Waals surface area (Å²) in [5, 5.41) is 11.0. The van der Waals surface area contributed by atoms with Crippen LogP contribution in [-0.2, 0) is 16.1 Å². The van der Waals surface area contributed by atoms with Crippen molar-refractivity contribution in [1.82, 2.24) is 9.88 Å². The predicted octanol–water partition coefficient (Wildman–Crippen LogP) is 3.71. The number of aliphatic hydroxyl groups is 1. The Bertz CT molecular complexity index is 1090. The first-order valence-electron chi connectivity index (χ1n) is 9.47. The summed E-state index contributed by atoms with van der Waals surface area (Å²) >= 11 is 0. The summed E-state index contributed by atoms with van der Waals surface area (Å²) in [4.78, 5) is 31.4. The molecule has 6 heteroatoms. The van der Waals surface area contributed by atoms with Crippen LogP contribution in [0.1, 0.15) is 22.7 Å². The standard InChI is InChI=1S/C24H20N2O4/c1-30-19-9-7-18(8-10-19)22(27)20-21(17-11-13-25-14-12-17)26(24(29)23(20)28)15-16-5-3-2-4-6-16/h2-14,21,27H,15H2,1H3. The number of ketones is 1. The van der Waals surface area contributed by atoms with Gasteiger partial charge in [0.1, 0.15) is 11.5 Å². The number of methoxy groups -OCH3 is 1. The van der Waals surface area contributed by atoms with E-state index < -0.39 is 17.7 Å². The zero-order valence-electron chi connectivity index (χ0n) is 16.4. The van der Waals surface area contributed by atoms with E-state index in [2.05, 4.69) is 4.98 Å². The lowest BCUT2D eigenvalue weighted by Gasteiger charge is -2.25. The van der Waals surface area contributed by atoms with Gasteiger partial charge in [-0.15, -0.1) is 0 Å². The summed E-state index contributed by atoms with van der Waals surface area (Å²) in [5.41, 5.74) is 2.10. The van der Waals surface area contributed by atoms with Crippen LogP contribution in [0.2, 0.25) is 0 Å². The van der Waals surface area contributed by atoms with Gasteiger partial charge in [0.2, 0.25) is 0 Å². The summed E-state index contributed by atoms with van der Waals surface area (Å²) in [6, 6.07) is 18.9. The van der Waals surface area contributed by atoms with Gasteiger partial charge in [0.25, 0.3) is 11.7 Å². The highest BCUT2D eigenvalue weighted by Crippen LogP contribution is 2.40. The molecule has 1 aliphatic rings. The van der Waals surface area contributed by atoms with Crippen LogP contribution in [0.3, 0.4) is 0 Å². The normalized spacial score (nSPS) is 17.9. The van der Waals surface area contributed by atoms with Crippen LogP contribution in [-0.4, -0.2) is 33.8 Å². The van der Waals surface area contributed by atoms with E-state index in [0.29, 0.717) is 16.9 Å². The molecule has 30 heavy (non-hydrogen) atoms. The van der Waals surface area contributed by atoms with Crippen molar-refractivity contribution in [2.24, 2.45) is 0 Å². The van der Waals surface area contributed by atoms with Crippen LogP contribution in [0.25, 0.3) is 5.76 Å². The Balaban J connectivity index is 1.83. The molecule has 0 bridgehead atoms. The Morgan fingerprint density at radius 3 is 2.30 bits per heavy atom. The fourth-order valence-electron chi connectivity index (χ4n) is 3.62. The van der Waals surface area contributed by atoms with Crippen molar-refractivity contribution in [1.29, 1.82) is 0 Å². The van der Waals surface area contributed by atoms with Gasteiger partial charge >= 0.3 is 0 Å². The Kier molecular flexibility index (Phi) is 5.30. The smallest absolute Gasteiger partial charge is 0.295 e. The minimum Gasteiger partial charge on any atom is -0.507 e. The van der Waals surface area contributed by atoms with E-state index in [1.807, 2.05) is 30.3 Å². The second-order valence-corrected chi connectivity index (χ2v) is 6.92. The van der Waals surface area contributed by atoms with Gasteiger partial charge < -0.3 is 14.7 Å². The van der Waals surface area contributed by atoms with Crippen molar-refractivity contribution in [3.05, 3.63) is 101 Å². The van der Waals surface area contributed by atoms with Crippen LogP contribution in [0.5, 0.6) is 5.75 Å². The van der Waals surface area contributed by atoms with Crippen molar-refractivity contribution >= 4 is 17.4 Å². The van der Waals surface area contributed by atoms with Gasteiger partial charge in [0, 0.05) is 24.5 Å². The van der Waals surface area contributed by atoms with E-state index in [9.17, 15) is 14.7 Å². The first-order valence-corrected chi connectivity index (χ1v) is 9.47. The molecule has 1 amide bonds. The molecular weight excluding hydrogens is 380 g/mol. The first-order chi connectivity index (χ1) is 14.6. The maximum absolute atomic E-state index is 13.0. The average molecular weight is 400 g/mol. The SMILES string of the molecule is COc1ccc(C(O)=C2C(=O)C(=O)N(Cc3ccccc3)C2c2ccncc2)cc1. The highest BCUT2D eigenvalue weighted by atomic mass is 16.5. The minimum atomic E-state index is -0.713. The maximum Gasteiger partial charge on any atom is 0.295 e. The van der Waals surface area contributed by atoms with Crippen molar-refractivity contribution in [2.45, 2.75) is 12.6 Å². The number of carbonyl (C=O) groups is 2. The number of likely N-dealkylation sites (tertiary alicyclic amines) is 1. The molecule has 2 aromatic carbocycles. The number of Topliss-reactive ketones (excluding diaryl/α,β-unsaturated/α-hetero) is 1. The van der Waals surface area contributed by atoms with E-state index >= 15 is 0 Å². The lowest BCUT2D eigenvalue weighted by Crippen LogP contribution is -2.29. The summed E-state index contributed by atoms with van der Waals surface area (Å²) in [7, 11) is 1.55. The van der Waals surface area contributed by atoms with Gasteiger partial charge in [0.05, 0.1) is 18.7 Å². The topological polar surface area (TPSA) is 79.7 Å². The van der Waals surface area contributed by atoms with Crippen LogP contribution >= 0.6 is 0 Å². The minimum absolute atomic E-state index is 0.0623. The summed E-state index contributed by atoms with van der Waals surface area (Å²) < 4.78 is 5.15. The molecule has 0 spiro atoms. The van der Waals surface area contributed by atoms with E-state index in [-0.39, 0.29) is 17.9 Å². The highest BCUT2D eigenvalue weighted by Gasteiger charge is 2.46. The number of nitrogens with zero attached hydrogens (tertiary/aromatic N) is 2. The van der Waals surface area contributed by atoms with Gasteiger partial charge in [-0.25, -0.2) is 0 Å². The highest BCUT2D eigenvalue weighted by molar-refractivity contribution is 6.46. The van der Waals surface area contributed by atoms with E-state index in [1.165, 1.54) is 4.90 Å². The lowest BCUT2D eigenvalue weighted by molar-refractivity contribution is -0.140. The molecule has 3 aromatic rings. The molecule has 0 saturated carbocycles. The van der Waals surface area contributed by atoms with Gasteiger partial charge in [-0.2, -0.15) is 0 Å². The molecule has 1 atom stereocenters. The van der Waals surface area contributed by atoms with Crippen molar-refractivity contribution in [3.63, 3.8) is 0 Å². The third-order valence-corrected chi connectivity index (χ3v) is 5.12. The Hall–Kier alpha value is -3.93. The van der Waals surface area contributed by atoms with Gasteiger partial charge in [-0.05, 0) is 47.5 Å². The Morgan fingerprint density at radius 1 is 1.00 bits per heavy atom. The number of hydrogen-bond donors (Lipinski definition) is 1. The first kappa shape index (κ1) is 19.4. The van der Waals surface area contributed by atoms with Crippen LogP contribution in [0.15, 0.2) is 84.7 Å². The number of carbonyl (C=O) groups excluding carboxylic acids is 2. The molecule has 1 unspecified atom stereocenters. The molecule has 150 valence electrons. The second-order valence-electron chi connectivity index (χ2n) is 6.92. The molecule has 2 heterocycles. The summed E-state index contributed by atoms with van der Waals surface area (Å²) in [6.45, 7) is 0.248. The van der Waals surface area contributed by atoms with E-state index in [0.717, 1.165) is 5.56 Å². The summed E-state index contributed by atoms with van der Waals surface area (Å²) in [5.74, 6) is -0.938. The van der Waals surface area contributed by atoms with E-state index in [4.69, 9.17) is 4.74 Å². The van der Waals surface area contributed by atoms with Gasteiger partial charge in [0.15, 0.2) is 0 Å². The quantitative estimate of drug-likeness (QED) is 0.401. The number of amides is 1. The number of aliphatic hydroxyl groups excluding tert-OH is 1. The molecule has 0 radical (unpaired) electrons. The molecule has 6 nitrogen and oxygen atoms in total. The number of aromatic nitrogens is 1. The van der Waals surface area contributed by atoms with Gasteiger partial charge in [-0.3, -0.25) is 14.6 Å². The van der Waals surface area contributed by atoms with Crippen molar-refractivity contribution in [3.8, 4) is 5.75 Å². The van der Waals surface area contributed by atoms with E-state index in [1.54, 1.807) is 55.9 Å². The predicted molar refractivity (Wildman–Crippen MR) is 112 cm³/mol. The largest absolute Gasteiger partial charge is 0.507 e. The molecular formula is C24H20N2O4. The maximum atomic E-state index is 13.0. The number of benzene rings is 2. The molecule has 1 aliphatic heterocycles. The fourth-order valence-corrected chi connectivity index (χ4v) is 3.62. The van der Waals surface area contributed by atoms with Gasteiger partial charge in [-0.1, -0.05) is 30.3 Å². The number of pyridine rings is 1. The Morgan fingerprint density at radius 2 is 1.67 bits per heavy atom. The Labute approximate surface area is 174 Å². The third kappa shape index (κ3) is 3.55. The number of rotatable bonds is 5. The second kappa shape index (κ2) is 8.21. The third-order valence-electron chi connectivity index (χ3n) is 5.12.